The van der Waals surface area contributed by atoms with Gasteiger partial charge in [-0.15, -0.1) is 0 Å². The van der Waals surface area contributed by atoms with E-state index in [-0.39, 0.29) is 15.4 Å². The highest BCUT2D eigenvalue weighted by atomic mass is 28.3. The first-order valence-electron chi connectivity index (χ1n) is 10.9. The summed E-state index contributed by atoms with van der Waals surface area (Å²) < 4.78 is 15.6. The Morgan fingerprint density at radius 2 is 1.78 bits per heavy atom. The van der Waals surface area contributed by atoms with E-state index in [0.717, 1.165) is 46.3 Å². The summed E-state index contributed by atoms with van der Waals surface area (Å²) in [5.41, 5.74) is 3.12. The van der Waals surface area contributed by atoms with E-state index in [0.29, 0.717) is 19.7 Å². The minimum Gasteiger partial charge on any atom is -0.457 e. The molecular weight excluding hydrogens is 420 g/mol. The highest BCUT2D eigenvalue weighted by Crippen LogP contribution is 2.28. The zero-order chi connectivity index (χ0) is 22.3. The minimum absolute atomic E-state index is 0.158. The van der Waals surface area contributed by atoms with Crippen molar-refractivity contribution < 1.29 is 14.6 Å². The molecule has 0 saturated heterocycles. The summed E-state index contributed by atoms with van der Waals surface area (Å²) >= 11 is 0. The second-order valence-corrected chi connectivity index (χ2v) is 10.9. The average molecular weight is 450 g/mol. The van der Waals surface area contributed by atoms with Crippen LogP contribution in [0, 0.1) is 0 Å². The van der Waals surface area contributed by atoms with Crippen LogP contribution in [0.3, 0.4) is 0 Å². The molecule has 1 N–H and O–H groups in total. The second kappa shape index (κ2) is 10.6. The average Bonchev–Trinajstić information content (AvgIpc) is 3.42. The summed E-state index contributed by atoms with van der Waals surface area (Å²) in [5, 5.41) is 18.8. The van der Waals surface area contributed by atoms with Crippen LogP contribution < -0.4 is 4.74 Å². The lowest BCUT2D eigenvalue weighted by Crippen LogP contribution is -2.10. The number of nitrogens with zero attached hydrogens (tertiary/aromatic N) is 4. The summed E-state index contributed by atoms with van der Waals surface area (Å²) in [6, 6.07) is 17.1. The fraction of sp³-hybridized carbons (Fsp3) is 0.333. The molecule has 7 nitrogen and oxygen atoms in total. The van der Waals surface area contributed by atoms with Crippen LogP contribution in [0.4, 0.5) is 0 Å². The second-order valence-electron chi connectivity index (χ2n) is 8.00. The van der Waals surface area contributed by atoms with Gasteiger partial charge in [-0.1, -0.05) is 13.1 Å². The van der Waals surface area contributed by atoms with Crippen molar-refractivity contribution in [3.63, 3.8) is 0 Å². The summed E-state index contributed by atoms with van der Waals surface area (Å²) in [4.78, 5) is 0. The molecule has 0 unspecified atom stereocenters. The van der Waals surface area contributed by atoms with Gasteiger partial charge < -0.3 is 14.6 Å². The van der Waals surface area contributed by atoms with Crippen molar-refractivity contribution in [2.75, 3.05) is 13.2 Å². The number of aliphatic hydroxyl groups excluding tert-OH is 1. The number of hydrogen-bond acceptors (Lipinski definition) is 5. The van der Waals surface area contributed by atoms with Crippen LogP contribution in [0.5, 0.6) is 11.5 Å². The molecule has 0 aliphatic heterocycles. The fourth-order valence-corrected chi connectivity index (χ4v) is 4.02. The van der Waals surface area contributed by atoms with E-state index in [4.69, 9.17) is 14.6 Å². The molecule has 1 radical (unpaired) electrons. The van der Waals surface area contributed by atoms with Crippen LogP contribution >= 0.6 is 0 Å². The molecule has 0 saturated carbocycles. The maximum absolute atomic E-state index is 9.04. The molecule has 0 amide bonds. The summed E-state index contributed by atoms with van der Waals surface area (Å²) in [5.74, 6) is 1.53. The van der Waals surface area contributed by atoms with Gasteiger partial charge in [0.15, 0.2) is 0 Å². The van der Waals surface area contributed by atoms with Gasteiger partial charge in [-0.2, -0.15) is 10.2 Å². The van der Waals surface area contributed by atoms with E-state index < -0.39 is 0 Å². The topological polar surface area (TPSA) is 74.3 Å². The number of aryl methyl sites for hydroxylation is 1. The van der Waals surface area contributed by atoms with E-state index in [1.807, 2.05) is 64.1 Å². The molecule has 0 fully saturated rings. The molecule has 8 heteroatoms. The number of rotatable bonds is 11. The molecule has 0 aliphatic carbocycles. The molecule has 2 aromatic carbocycles. The Balaban J connectivity index is 1.41. The molecule has 0 atom stereocenters. The minimum atomic E-state index is -0.264. The van der Waals surface area contributed by atoms with Crippen LogP contribution in [0.1, 0.15) is 6.42 Å². The fourth-order valence-electron chi connectivity index (χ4n) is 3.47. The van der Waals surface area contributed by atoms with Gasteiger partial charge in [-0.25, -0.2) is 4.68 Å². The van der Waals surface area contributed by atoms with Gasteiger partial charge in [0.1, 0.15) is 18.2 Å². The van der Waals surface area contributed by atoms with Crippen molar-refractivity contribution in [1.82, 2.24) is 19.6 Å². The summed E-state index contributed by atoms with van der Waals surface area (Å²) in [6.07, 6.45) is 4.31. The molecule has 167 valence electrons. The number of benzene rings is 2. The van der Waals surface area contributed by atoms with Crippen molar-refractivity contribution in [1.29, 1.82) is 0 Å². The van der Waals surface area contributed by atoms with Crippen LogP contribution in [-0.4, -0.2) is 46.7 Å². The van der Waals surface area contributed by atoms with Gasteiger partial charge in [0.05, 0.1) is 17.4 Å². The van der Waals surface area contributed by atoms with E-state index in [9.17, 15) is 0 Å². The van der Waals surface area contributed by atoms with Crippen molar-refractivity contribution in [3.8, 4) is 22.8 Å². The van der Waals surface area contributed by atoms with Gasteiger partial charge in [0.25, 0.3) is 0 Å². The Labute approximate surface area is 189 Å². The molecule has 2 heterocycles. The molecular formula is C24H29N4O3Si. The first kappa shape index (κ1) is 22.3. The number of aromatic nitrogens is 4. The first-order chi connectivity index (χ1) is 15.6. The Morgan fingerprint density at radius 3 is 2.56 bits per heavy atom. The standard InChI is InChI=1S/C24H29N4O3Si/c1-32(2)15-14-30-18-28-24(10-11-25-28)19-4-6-21(7-5-19)31-22-8-9-23-20(16-22)17-26-27(23)12-3-13-29/h4-11,16-17,29H,3,12-15,18H2,1-2H3. The smallest absolute Gasteiger partial charge is 0.139 e. The van der Waals surface area contributed by atoms with Crippen molar-refractivity contribution in [2.24, 2.45) is 0 Å². The zero-order valence-electron chi connectivity index (χ0n) is 18.6. The number of ether oxygens (including phenoxy) is 2. The van der Waals surface area contributed by atoms with Crippen molar-refractivity contribution in [3.05, 3.63) is 60.9 Å². The monoisotopic (exact) mass is 449 g/mol. The van der Waals surface area contributed by atoms with E-state index in [2.05, 4.69) is 23.3 Å². The molecule has 2 aromatic heterocycles. The number of fused-ring (bicyclic) bond motifs is 1. The highest BCUT2D eigenvalue weighted by molar-refractivity contribution is 6.55. The summed E-state index contributed by atoms with van der Waals surface area (Å²) in [6.45, 7) is 6.68. The Bertz CT molecular complexity index is 1140. The quantitative estimate of drug-likeness (QED) is 0.263. The third kappa shape index (κ3) is 5.45. The molecule has 0 spiro atoms. The third-order valence-electron chi connectivity index (χ3n) is 5.20. The third-order valence-corrected chi connectivity index (χ3v) is 6.41. The predicted octanol–water partition coefficient (Wildman–Crippen LogP) is 4.80. The van der Waals surface area contributed by atoms with Crippen molar-refractivity contribution in [2.45, 2.75) is 38.8 Å². The molecule has 32 heavy (non-hydrogen) atoms. The van der Waals surface area contributed by atoms with Crippen LogP contribution in [0.25, 0.3) is 22.2 Å². The molecule has 4 aromatic rings. The van der Waals surface area contributed by atoms with Crippen LogP contribution in [-0.2, 0) is 18.0 Å². The van der Waals surface area contributed by atoms with Gasteiger partial charge in [-0.05, 0) is 61.0 Å². The Morgan fingerprint density at radius 1 is 0.969 bits per heavy atom. The number of aliphatic hydroxyl groups is 1. The maximum Gasteiger partial charge on any atom is 0.139 e. The SMILES string of the molecule is C[Si](C)CCOCn1nccc1-c1ccc(Oc2ccc3c(cnn3CCCO)c2)cc1. The zero-order valence-corrected chi connectivity index (χ0v) is 19.6. The summed E-state index contributed by atoms with van der Waals surface area (Å²) in [7, 11) is -0.264. The lowest BCUT2D eigenvalue weighted by molar-refractivity contribution is 0.0801. The number of hydrogen-bond donors (Lipinski definition) is 1. The Kier molecular flexibility index (Phi) is 7.36. The van der Waals surface area contributed by atoms with Crippen LogP contribution in [0.2, 0.25) is 19.1 Å². The van der Waals surface area contributed by atoms with Crippen LogP contribution in [0.15, 0.2) is 60.9 Å². The van der Waals surface area contributed by atoms with Gasteiger partial charge in [-0.3, -0.25) is 4.68 Å². The van der Waals surface area contributed by atoms with E-state index in [1.54, 1.807) is 6.20 Å². The van der Waals surface area contributed by atoms with Crippen molar-refractivity contribution >= 4 is 19.7 Å². The van der Waals surface area contributed by atoms with E-state index in [1.165, 1.54) is 0 Å². The first-order valence-corrected chi connectivity index (χ1v) is 13.6. The van der Waals surface area contributed by atoms with Gasteiger partial charge >= 0.3 is 0 Å². The normalized spacial score (nSPS) is 11.5. The maximum atomic E-state index is 9.04. The Hall–Kier alpha value is -2.94. The lowest BCUT2D eigenvalue weighted by Gasteiger charge is -2.10. The lowest BCUT2D eigenvalue weighted by atomic mass is 10.1. The molecule has 0 bridgehead atoms. The highest BCUT2D eigenvalue weighted by Gasteiger charge is 2.08. The van der Waals surface area contributed by atoms with Gasteiger partial charge in [0.2, 0.25) is 0 Å². The van der Waals surface area contributed by atoms with E-state index >= 15 is 0 Å². The molecule has 4 rings (SSSR count). The largest absolute Gasteiger partial charge is 0.457 e. The molecule has 0 aliphatic rings. The predicted molar refractivity (Wildman–Crippen MR) is 127 cm³/mol. The van der Waals surface area contributed by atoms with Gasteiger partial charge in [0, 0.05) is 45.7 Å².